The molecule has 5 nitrogen and oxygen atoms in total. The molecule has 1 aromatic carbocycles. The van der Waals surface area contributed by atoms with Crippen LogP contribution < -0.4 is 15.5 Å². The first-order valence-electron chi connectivity index (χ1n) is 7.21. The molecule has 1 aliphatic heterocycles. The topological polar surface area (TPSA) is 53.6 Å². The van der Waals surface area contributed by atoms with Gasteiger partial charge in [-0.25, -0.2) is 4.39 Å². The second-order valence-corrected chi connectivity index (χ2v) is 4.99. The summed E-state index contributed by atoms with van der Waals surface area (Å²) >= 11 is 0. The van der Waals surface area contributed by atoms with Gasteiger partial charge in [0.15, 0.2) is 0 Å². The monoisotopic (exact) mass is 295 g/mol. The first-order chi connectivity index (χ1) is 10.2. The molecular formula is C15H22FN3O2. The molecule has 2 N–H and O–H groups in total. The molecule has 116 valence electrons. The minimum Gasteiger partial charge on any atom is -0.383 e. The van der Waals surface area contributed by atoms with Crippen molar-refractivity contribution < 1.29 is 13.9 Å². The van der Waals surface area contributed by atoms with Crippen molar-refractivity contribution in [2.75, 3.05) is 44.8 Å². The Morgan fingerprint density at radius 3 is 3.10 bits per heavy atom. The van der Waals surface area contributed by atoms with E-state index < -0.39 is 0 Å². The zero-order valence-electron chi connectivity index (χ0n) is 12.3. The van der Waals surface area contributed by atoms with Gasteiger partial charge in [0.05, 0.1) is 6.61 Å². The number of ether oxygens (including phenoxy) is 1. The van der Waals surface area contributed by atoms with E-state index in [2.05, 4.69) is 15.5 Å². The standard InChI is InChI=1S/C15H22FN3O2/c1-21-10-7-17-11-12-13(16)3-2-4-14(12)19-8-5-15(20)18-6-9-19/h2-4,17H,5-11H2,1H3,(H,18,20). The number of carbonyl (C=O) groups is 1. The normalized spacial score (nSPS) is 15.7. The third-order valence-corrected chi connectivity index (χ3v) is 3.53. The van der Waals surface area contributed by atoms with Gasteiger partial charge in [-0.3, -0.25) is 4.79 Å². The third kappa shape index (κ3) is 4.41. The van der Waals surface area contributed by atoms with Crippen molar-refractivity contribution in [2.45, 2.75) is 13.0 Å². The van der Waals surface area contributed by atoms with Crippen LogP contribution in [0.2, 0.25) is 0 Å². The fraction of sp³-hybridized carbons (Fsp3) is 0.533. The van der Waals surface area contributed by atoms with Crippen LogP contribution >= 0.6 is 0 Å². The van der Waals surface area contributed by atoms with Crippen LogP contribution in [0.25, 0.3) is 0 Å². The van der Waals surface area contributed by atoms with E-state index in [1.54, 1.807) is 13.2 Å². The van der Waals surface area contributed by atoms with Crippen molar-refractivity contribution in [3.63, 3.8) is 0 Å². The molecule has 1 heterocycles. The van der Waals surface area contributed by atoms with Crippen LogP contribution in [0, 0.1) is 5.82 Å². The lowest BCUT2D eigenvalue weighted by Crippen LogP contribution is -2.30. The van der Waals surface area contributed by atoms with Gasteiger partial charge in [0.1, 0.15) is 5.82 Å². The largest absolute Gasteiger partial charge is 0.383 e. The number of methoxy groups -OCH3 is 1. The van der Waals surface area contributed by atoms with E-state index in [1.807, 2.05) is 6.07 Å². The molecule has 1 amide bonds. The Morgan fingerprint density at radius 1 is 1.43 bits per heavy atom. The van der Waals surface area contributed by atoms with E-state index in [0.717, 1.165) is 5.69 Å². The van der Waals surface area contributed by atoms with Gasteiger partial charge in [0, 0.05) is 57.5 Å². The van der Waals surface area contributed by atoms with Gasteiger partial charge in [-0.05, 0) is 12.1 Å². The summed E-state index contributed by atoms with van der Waals surface area (Å²) in [6, 6.07) is 5.09. The molecule has 1 aliphatic rings. The highest BCUT2D eigenvalue weighted by atomic mass is 19.1. The fourth-order valence-electron chi connectivity index (χ4n) is 2.41. The van der Waals surface area contributed by atoms with Gasteiger partial charge in [-0.1, -0.05) is 6.07 Å². The lowest BCUT2D eigenvalue weighted by Gasteiger charge is -2.25. The van der Waals surface area contributed by atoms with Gasteiger partial charge in [-0.2, -0.15) is 0 Å². The molecule has 0 radical (unpaired) electrons. The summed E-state index contributed by atoms with van der Waals surface area (Å²) in [5, 5.41) is 6.00. The van der Waals surface area contributed by atoms with Crippen molar-refractivity contribution in [2.24, 2.45) is 0 Å². The first-order valence-corrected chi connectivity index (χ1v) is 7.21. The number of hydrogen-bond acceptors (Lipinski definition) is 4. The van der Waals surface area contributed by atoms with E-state index in [-0.39, 0.29) is 11.7 Å². The molecule has 1 saturated heterocycles. The highest BCUT2D eigenvalue weighted by Crippen LogP contribution is 2.24. The number of amides is 1. The Kier molecular flexibility index (Phi) is 5.95. The molecule has 0 saturated carbocycles. The number of hydrogen-bond donors (Lipinski definition) is 2. The molecule has 0 aliphatic carbocycles. The SMILES string of the molecule is COCCNCc1c(F)cccc1N1CCNC(=O)CC1. The Morgan fingerprint density at radius 2 is 2.29 bits per heavy atom. The number of benzene rings is 1. The van der Waals surface area contributed by atoms with E-state index >= 15 is 0 Å². The molecular weight excluding hydrogens is 273 g/mol. The van der Waals surface area contributed by atoms with Crippen molar-refractivity contribution >= 4 is 11.6 Å². The van der Waals surface area contributed by atoms with Gasteiger partial charge in [-0.15, -0.1) is 0 Å². The molecule has 0 aromatic heterocycles. The van der Waals surface area contributed by atoms with Crippen LogP contribution in [-0.2, 0) is 16.1 Å². The summed E-state index contributed by atoms with van der Waals surface area (Å²) in [5.41, 5.74) is 1.50. The van der Waals surface area contributed by atoms with E-state index in [9.17, 15) is 9.18 Å². The fourth-order valence-corrected chi connectivity index (χ4v) is 2.41. The number of carbonyl (C=O) groups excluding carboxylic acids is 1. The van der Waals surface area contributed by atoms with Crippen molar-refractivity contribution in [1.82, 2.24) is 10.6 Å². The Balaban J connectivity index is 2.10. The summed E-state index contributed by atoms with van der Waals surface area (Å²) in [6.45, 7) is 3.60. The molecule has 2 rings (SSSR count). The molecule has 0 unspecified atom stereocenters. The van der Waals surface area contributed by atoms with Crippen LogP contribution in [0.3, 0.4) is 0 Å². The summed E-state index contributed by atoms with van der Waals surface area (Å²) in [5.74, 6) is -0.172. The predicted octanol–water partition coefficient (Wildman–Crippen LogP) is 0.888. The Labute approximate surface area is 124 Å². The zero-order chi connectivity index (χ0) is 15.1. The van der Waals surface area contributed by atoms with Gasteiger partial charge in [0.25, 0.3) is 0 Å². The van der Waals surface area contributed by atoms with Crippen LogP contribution in [0.4, 0.5) is 10.1 Å². The zero-order valence-corrected chi connectivity index (χ0v) is 12.3. The average Bonchev–Trinajstić information content (AvgIpc) is 2.69. The summed E-state index contributed by atoms with van der Waals surface area (Å²) in [4.78, 5) is 13.5. The Bertz CT molecular complexity index is 482. The minimum atomic E-state index is -0.221. The average molecular weight is 295 g/mol. The van der Waals surface area contributed by atoms with Crippen LogP contribution in [-0.4, -0.2) is 45.8 Å². The van der Waals surface area contributed by atoms with Crippen LogP contribution in [0.5, 0.6) is 0 Å². The lowest BCUT2D eigenvalue weighted by molar-refractivity contribution is -0.120. The summed E-state index contributed by atoms with van der Waals surface area (Å²) in [7, 11) is 1.64. The second kappa shape index (κ2) is 7.95. The van der Waals surface area contributed by atoms with Gasteiger partial charge < -0.3 is 20.3 Å². The smallest absolute Gasteiger partial charge is 0.221 e. The van der Waals surface area contributed by atoms with Crippen LogP contribution in [0.15, 0.2) is 18.2 Å². The minimum absolute atomic E-state index is 0.0497. The molecule has 1 aromatic rings. The number of anilines is 1. The molecule has 0 bridgehead atoms. The summed E-state index contributed by atoms with van der Waals surface area (Å²) < 4.78 is 19.1. The maximum atomic E-state index is 14.1. The molecule has 0 atom stereocenters. The Hall–Kier alpha value is -1.66. The van der Waals surface area contributed by atoms with Crippen molar-refractivity contribution in [3.8, 4) is 0 Å². The van der Waals surface area contributed by atoms with Gasteiger partial charge in [0.2, 0.25) is 5.91 Å². The van der Waals surface area contributed by atoms with Crippen molar-refractivity contribution in [3.05, 3.63) is 29.6 Å². The predicted molar refractivity (Wildman–Crippen MR) is 79.8 cm³/mol. The number of rotatable bonds is 6. The van der Waals surface area contributed by atoms with Gasteiger partial charge >= 0.3 is 0 Å². The molecule has 1 fully saturated rings. The van der Waals surface area contributed by atoms with E-state index in [1.165, 1.54) is 6.07 Å². The quantitative estimate of drug-likeness (QED) is 0.765. The molecule has 6 heteroatoms. The first kappa shape index (κ1) is 15.7. The number of nitrogens with zero attached hydrogens (tertiary/aromatic N) is 1. The number of halogens is 1. The number of nitrogens with one attached hydrogen (secondary N) is 2. The lowest BCUT2D eigenvalue weighted by atomic mass is 10.1. The van der Waals surface area contributed by atoms with E-state index in [0.29, 0.717) is 51.3 Å². The highest BCUT2D eigenvalue weighted by Gasteiger charge is 2.18. The third-order valence-electron chi connectivity index (χ3n) is 3.53. The maximum absolute atomic E-state index is 14.1. The van der Waals surface area contributed by atoms with Crippen LogP contribution in [0.1, 0.15) is 12.0 Å². The second-order valence-electron chi connectivity index (χ2n) is 4.99. The molecule has 0 spiro atoms. The molecule has 21 heavy (non-hydrogen) atoms. The highest BCUT2D eigenvalue weighted by molar-refractivity contribution is 5.77. The maximum Gasteiger partial charge on any atom is 0.221 e. The van der Waals surface area contributed by atoms with Crippen molar-refractivity contribution in [1.29, 1.82) is 0 Å². The van der Waals surface area contributed by atoms with E-state index in [4.69, 9.17) is 4.74 Å². The summed E-state index contributed by atoms with van der Waals surface area (Å²) in [6.07, 6.45) is 0.438.